The minimum absolute atomic E-state index is 0.00102. The molecule has 1 aromatic carbocycles. The Labute approximate surface area is 137 Å². The summed E-state index contributed by atoms with van der Waals surface area (Å²) < 4.78 is 0.856. The zero-order valence-electron chi connectivity index (χ0n) is 11.5. The summed E-state index contributed by atoms with van der Waals surface area (Å²) in [6.45, 7) is 1.19. The molecule has 2 rings (SSSR count). The van der Waals surface area contributed by atoms with Crippen molar-refractivity contribution in [1.82, 2.24) is 10.2 Å². The van der Waals surface area contributed by atoms with Gasteiger partial charge in [-0.3, -0.25) is 9.59 Å². The summed E-state index contributed by atoms with van der Waals surface area (Å²) in [6.07, 6.45) is 1.43. The van der Waals surface area contributed by atoms with Crippen LogP contribution in [0, 0.1) is 20.8 Å². The fraction of sp³-hybridized carbons (Fsp3) is 0.400. The zero-order chi connectivity index (χ0) is 15.2. The molecule has 1 saturated heterocycles. The van der Waals surface area contributed by atoms with Crippen molar-refractivity contribution in [2.75, 3.05) is 19.6 Å². The van der Waals surface area contributed by atoms with Crippen LogP contribution in [-0.2, 0) is 4.79 Å². The van der Waals surface area contributed by atoms with Gasteiger partial charge in [0.15, 0.2) is 0 Å². The molecule has 0 aromatic heterocycles. The van der Waals surface area contributed by atoms with Gasteiger partial charge in [0.2, 0.25) is 5.91 Å². The van der Waals surface area contributed by atoms with Gasteiger partial charge in [0, 0.05) is 22.6 Å². The van der Waals surface area contributed by atoms with Crippen molar-refractivity contribution in [2.45, 2.75) is 12.8 Å². The number of rotatable bonds is 3. The number of amides is 2. The van der Waals surface area contributed by atoms with Crippen LogP contribution in [0.25, 0.3) is 0 Å². The first-order valence-corrected chi connectivity index (χ1v) is 7.90. The molecule has 0 atom stereocenters. The largest absolute Gasteiger partial charge is 0.343 e. The normalized spacial score (nSPS) is 15.3. The summed E-state index contributed by atoms with van der Waals surface area (Å²) in [4.78, 5) is 25.8. The summed E-state index contributed by atoms with van der Waals surface area (Å²) in [5, 5.41) is 11.5. The summed E-state index contributed by atoms with van der Waals surface area (Å²) >= 11 is 2.10. The number of carbonyl (C=O) groups excluding carboxylic acids is 2. The van der Waals surface area contributed by atoms with E-state index < -0.39 is 0 Å². The molecule has 0 unspecified atom stereocenters. The molecule has 110 valence electrons. The van der Waals surface area contributed by atoms with E-state index in [1.807, 2.05) is 12.1 Å². The van der Waals surface area contributed by atoms with Crippen molar-refractivity contribution >= 4 is 34.4 Å². The van der Waals surface area contributed by atoms with Gasteiger partial charge in [0.1, 0.15) is 0 Å². The predicted molar refractivity (Wildman–Crippen MR) is 86.4 cm³/mol. The second-order valence-corrected chi connectivity index (χ2v) is 6.11. The van der Waals surface area contributed by atoms with Crippen molar-refractivity contribution in [1.29, 1.82) is 5.26 Å². The van der Waals surface area contributed by atoms with Crippen LogP contribution in [0.15, 0.2) is 24.3 Å². The van der Waals surface area contributed by atoms with Crippen molar-refractivity contribution in [3.8, 4) is 6.07 Å². The minimum atomic E-state index is -0.236. The van der Waals surface area contributed by atoms with E-state index in [4.69, 9.17) is 5.26 Å². The molecule has 0 spiro atoms. The molecule has 5 nitrogen and oxygen atoms in total. The first-order valence-electron chi connectivity index (χ1n) is 6.82. The molecule has 21 heavy (non-hydrogen) atoms. The Hall–Kier alpha value is -1.62. The Balaban J connectivity index is 1.83. The Kier molecular flexibility index (Phi) is 5.56. The molecule has 1 heterocycles. The van der Waals surface area contributed by atoms with E-state index in [2.05, 4.69) is 34.0 Å². The number of nitrogens with one attached hydrogen (secondary N) is 1. The van der Waals surface area contributed by atoms with Crippen molar-refractivity contribution < 1.29 is 9.59 Å². The topological polar surface area (TPSA) is 73.2 Å². The Morgan fingerprint density at radius 2 is 2.00 bits per heavy atom. The van der Waals surface area contributed by atoms with Gasteiger partial charge in [-0.25, -0.2) is 0 Å². The molecule has 6 heteroatoms. The van der Waals surface area contributed by atoms with E-state index in [0.29, 0.717) is 31.5 Å². The van der Waals surface area contributed by atoms with Crippen LogP contribution in [0.5, 0.6) is 0 Å². The fourth-order valence-corrected chi connectivity index (χ4v) is 2.90. The summed E-state index contributed by atoms with van der Waals surface area (Å²) in [5.74, 6) is -0.277. The molecule has 1 aliphatic rings. The SMILES string of the molecule is N#CC1CCN(C(=O)CNC(=O)c2ccccc2I)CC1. The van der Waals surface area contributed by atoms with Gasteiger partial charge in [0.25, 0.3) is 5.91 Å². The average molecular weight is 397 g/mol. The standard InChI is InChI=1S/C15H16IN3O2/c16-13-4-2-1-3-12(13)15(21)18-10-14(20)19-7-5-11(9-17)6-8-19/h1-4,11H,5-8,10H2,(H,18,21). The monoisotopic (exact) mass is 397 g/mol. The van der Waals surface area contributed by atoms with Gasteiger partial charge in [-0.05, 0) is 47.6 Å². The highest BCUT2D eigenvalue weighted by Gasteiger charge is 2.22. The molecule has 2 amide bonds. The van der Waals surface area contributed by atoms with Gasteiger partial charge in [-0.15, -0.1) is 0 Å². The van der Waals surface area contributed by atoms with Crippen LogP contribution in [0.1, 0.15) is 23.2 Å². The van der Waals surface area contributed by atoms with Gasteiger partial charge >= 0.3 is 0 Å². The Morgan fingerprint density at radius 3 is 2.62 bits per heavy atom. The molecule has 0 aliphatic carbocycles. The lowest BCUT2D eigenvalue weighted by atomic mass is 9.99. The Morgan fingerprint density at radius 1 is 1.33 bits per heavy atom. The molecular formula is C15H16IN3O2. The van der Waals surface area contributed by atoms with E-state index >= 15 is 0 Å². The van der Waals surface area contributed by atoms with Crippen LogP contribution in [0.3, 0.4) is 0 Å². The first kappa shape index (κ1) is 15.8. The zero-order valence-corrected chi connectivity index (χ0v) is 13.7. The molecular weight excluding hydrogens is 381 g/mol. The number of nitriles is 1. The number of benzene rings is 1. The third-order valence-corrected chi connectivity index (χ3v) is 4.49. The number of hydrogen-bond acceptors (Lipinski definition) is 3. The first-order chi connectivity index (χ1) is 10.1. The number of hydrogen-bond donors (Lipinski definition) is 1. The van der Waals surface area contributed by atoms with Gasteiger partial charge in [-0.2, -0.15) is 5.26 Å². The number of piperidine rings is 1. The molecule has 1 fully saturated rings. The molecule has 0 saturated carbocycles. The van der Waals surface area contributed by atoms with Crippen molar-refractivity contribution in [3.05, 3.63) is 33.4 Å². The van der Waals surface area contributed by atoms with Crippen LogP contribution < -0.4 is 5.32 Å². The third-order valence-electron chi connectivity index (χ3n) is 3.55. The van der Waals surface area contributed by atoms with Gasteiger partial charge in [-0.1, -0.05) is 12.1 Å². The number of nitrogens with zero attached hydrogens (tertiary/aromatic N) is 2. The van der Waals surface area contributed by atoms with Crippen LogP contribution in [0.4, 0.5) is 0 Å². The van der Waals surface area contributed by atoms with Gasteiger partial charge in [0.05, 0.1) is 18.2 Å². The maximum absolute atomic E-state index is 12.0. The van der Waals surface area contributed by atoms with Crippen LogP contribution in [-0.4, -0.2) is 36.3 Å². The summed E-state index contributed by atoms with van der Waals surface area (Å²) in [7, 11) is 0. The van der Waals surface area contributed by atoms with Gasteiger partial charge < -0.3 is 10.2 Å². The van der Waals surface area contributed by atoms with Crippen molar-refractivity contribution in [3.63, 3.8) is 0 Å². The lowest BCUT2D eigenvalue weighted by molar-refractivity contribution is -0.131. The molecule has 1 aliphatic heterocycles. The molecule has 1 N–H and O–H groups in total. The summed E-state index contributed by atoms with van der Waals surface area (Å²) in [5.41, 5.74) is 0.578. The lowest BCUT2D eigenvalue weighted by Crippen LogP contribution is -2.44. The van der Waals surface area contributed by atoms with Crippen molar-refractivity contribution in [2.24, 2.45) is 5.92 Å². The fourth-order valence-electron chi connectivity index (χ4n) is 2.27. The highest BCUT2D eigenvalue weighted by molar-refractivity contribution is 14.1. The highest BCUT2D eigenvalue weighted by atomic mass is 127. The van der Waals surface area contributed by atoms with Crippen LogP contribution >= 0.6 is 22.6 Å². The second kappa shape index (κ2) is 7.41. The quantitative estimate of drug-likeness (QED) is 0.791. The predicted octanol–water partition coefficient (Wildman–Crippen LogP) is 1.78. The maximum atomic E-state index is 12.0. The minimum Gasteiger partial charge on any atom is -0.343 e. The second-order valence-electron chi connectivity index (χ2n) is 4.95. The van der Waals surface area contributed by atoms with E-state index in [-0.39, 0.29) is 24.3 Å². The Bertz CT molecular complexity index is 575. The van der Waals surface area contributed by atoms with E-state index in [1.165, 1.54) is 0 Å². The number of likely N-dealkylation sites (tertiary alicyclic amines) is 1. The highest BCUT2D eigenvalue weighted by Crippen LogP contribution is 2.16. The number of halogens is 1. The summed E-state index contributed by atoms with van der Waals surface area (Å²) in [6, 6.07) is 9.48. The molecule has 0 bridgehead atoms. The lowest BCUT2D eigenvalue weighted by Gasteiger charge is -2.29. The van der Waals surface area contributed by atoms with E-state index in [0.717, 1.165) is 3.57 Å². The van der Waals surface area contributed by atoms with E-state index in [1.54, 1.807) is 17.0 Å². The average Bonchev–Trinajstić information content (AvgIpc) is 2.52. The van der Waals surface area contributed by atoms with E-state index in [9.17, 15) is 9.59 Å². The molecule has 1 aromatic rings. The number of carbonyl (C=O) groups is 2. The maximum Gasteiger partial charge on any atom is 0.252 e. The third kappa shape index (κ3) is 4.17. The molecule has 0 radical (unpaired) electrons. The van der Waals surface area contributed by atoms with Crippen LogP contribution in [0.2, 0.25) is 0 Å². The smallest absolute Gasteiger partial charge is 0.252 e.